The van der Waals surface area contributed by atoms with Crippen LogP contribution in [0.3, 0.4) is 0 Å². The summed E-state index contributed by atoms with van der Waals surface area (Å²) >= 11 is 1.80. The lowest BCUT2D eigenvalue weighted by atomic mass is 9.98. The highest BCUT2D eigenvalue weighted by atomic mass is 32.1. The normalized spacial score (nSPS) is 18.6. The van der Waals surface area contributed by atoms with Crippen molar-refractivity contribution < 1.29 is 4.79 Å². The van der Waals surface area contributed by atoms with E-state index in [0.717, 1.165) is 24.9 Å². The van der Waals surface area contributed by atoms with Gasteiger partial charge in [0, 0.05) is 23.8 Å². The molecule has 2 amide bonds. The molecule has 0 aliphatic carbocycles. The molecule has 2 atom stereocenters. The lowest BCUT2D eigenvalue weighted by Gasteiger charge is -2.36. The molecule has 5 heteroatoms. The van der Waals surface area contributed by atoms with Gasteiger partial charge in [-0.15, -0.1) is 11.3 Å². The lowest BCUT2D eigenvalue weighted by Crippen LogP contribution is -2.45. The summed E-state index contributed by atoms with van der Waals surface area (Å²) in [6, 6.07) is 6.25. The minimum absolute atomic E-state index is 0.0168. The van der Waals surface area contributed by atoms with Crippen LogP contribution in [-0.4, -0.2) is 22.5 Å². The number of pyridine rings is 1. The summed E-state index contributed by atoms with van der Waals surface area (Å²) in [5.74, 6) is 0. The second-order valence-corrected chi connectivity index (χ2v) is 6.62. The average molecular weight is 315 g/mol. The molecule has 3 rings (SSSR count). The quantitative estimate of drug-likeness (QED) is 0.933. The van der Waals surface area contributed by atoms with Gasteiger partial charge in [-0.05, 0) is 54.5 Å². The van der Waals surface area contributed by atoms with Crippen LogP contribution in [0.15, 0.2) is 36.0 Å². The number of nitrogens with one attached hydrogen (secondary N) is 1. The van der Waals surface area contributed by atoms with Gasteiger partial charge in [0.15, 0.2) is 0 Å². The van der Waals surface area contributed by atoms with Crippen molar-refractivity contribution in [2.24, 2.45) is 0 Å². The van der Waals surface area contributed by atoms with Crippen LogP contribution < -0.4 is 5.32 Å². The zero-order valence-electron chi connectivity index (χ0n) is 13.0. The Balaban J connectivity index is 1.72. The van der Waals surface area contributed by atoms with E-state index in [9.17, 15) is 4.79 Å². The molecule has 0 aromatic carbocycles. The number of fused-ring (bicyclic) bond motifs is 1. The third-order valence-electron chi connectivity index (χ3n) is 4.29. The van der Waals surface area contributed by atoms with Crippen molar-refractivity contribution in [2.45, 2.75) is 38.8 Å². The maximum atomic E-state index is 12.7. The Bertz CT molecular complexity index is 640. The van der Waals surface area contributed by atoms with Crippen LogP contribution in [0.4, 0.5) is 4.79 Å². The number of urea groups is 1. The minimum Gasteiger partial charge on any atom is -0.331 e. The van der Waals surface area contributed by atoms with Crippen molar-refractivity contribution in [1.82, 2.24) is 15.2 Å². The molecule has 3 heterocycles. The highest BCUT2D eigenvalue weighted by Gasteiger charge is 2.30. The van der Waals surface area contributed by atoms with Crippen LogP contribution >= 0.6 is 11.3 Å². The SMILES string of the molecule is CCC1c2ccsc2CCN1C(=O)NC(C)c1ccncc1. The number of rotatable bonds is 3. The van der Waals surface area contributed by atoms with Crippen molar-refractivity contribution >= 4 is 17.4 Å². The van der Waals surface area contributed by atoms with Gasteiger partial charge in [0.1, 0.15) is 0 Å². The Morgan fingerprint density at radius 2 is 2.23 bits per heavy atom. The average Bonchev–Trinajstić information content (AvgIpc) is 3.03. The molecule has 0 saturated heterocycles. The highest BCUT2D eigenvalue weighted by molar-refractivity contribution is 7.10. The zero-order chi connectivity index (χ0) is 15.5. The van der Waals surface area contributed by atoms with Crippen molar-refractivity contribution in [3.8, 4) is 0 Å². The third-order valence-corrected chi connectivity index (χ3v) is 5.29. The molecule has 0 bridgehead atoms. The van der Waals surface area contributed by atoms with Gasteiger partial charge in [-0.3, -0.25) is 4.98 Å². The van der Waals surface area contributed by atoms with Crippen LogP contribution in [0.25, 0.3) is 0 Å². The van der Waals surface area contributed by atoms with Crippen LogP contribution in [0.2, 0.25) is 0 Å². The second kappa shape index (κ2) is 6.48. The molecule has 0 spiro atoms. The van der Waals surface area contributed by atoms with Crippen molar-refractivity contribution in [2.75, 3.05) is 6.54 Å². The molecule has 2 aromatic heterocycles. The van der Waals surface area contributed by atoms with Crippen molar-refractivity contribution in [3.05, 3.63) is 52.0 Å². The number of amides is 2. The molecule has 2 aromatic rings. The molecule has 1 aliphatic heterocycles. The van der Waals surface area contributed by atoms with Crippen LogP contribution in [-0.2, 0) is 6.42 Å². The largest absolute Gasteiger partial charge is 0.331 e. The van der Waals surface area contributed by atoms with E-state index in [1.807, 2.05) is 24.0 Å². The van der Waals surface area contributed by atoms with Gasteiger partial charge >= 0.3 is 6.03 Å². The summed E-state index contributed by atoms with van der Waals surface area (Å²) in [5.41, 5.74) is 2.40. The summed E-state index contributed by atoms with van der Waals surface area (Å²) in [4.78, 5) is 20.1. The number of carbonyl (C=O) groups excluding carboxylic acids is 1. The Morgan fingerprint density at radius 1 is 1.45 bits per heavy atom. The predicted octanol–water partition coefficient (Wildman–Crippen LogP) is 3.92. The Hall–Kier alpha value is -1.88. The molecular weight excluding hydrogens is 294 g/mol. The number of thiophene rings is 1. The van der Waals surface area contributed by atoms with E-state index >= 15 is 0 Å². The van der Waals surface area contributed by atoms with Gasteiger partial charge in [-0.1, -0.05) is 6.92 Å². The Kier molecular flexibility index (Phi) is 4.43. The zero-order valence-corrected chi connectivity index (χ0v) is 13.8. The number of aromatic nitrogens is 1. The van der Waals surface area contributed by atoms with E-state index < -0.39 is 0 Å². The molecule has 0 saturated carbocycles. The maximum Gasteiger partial charge on any atom is 0.318 e. The maximum absolute atomic E-state index is 12.7. The summed E-state index contributed by atoms with van der Waals surface area (Å²) < 4.78 is 0. The van der Waals surface area contributed by atoms with Gasteiger partial charge in [0.2, 0.25) is 0 Å². The molecule has 1 N–H and O–H groups in total. The van der Waals surface area contributed by atoms with Gasteiger partial charge < -0.3 is 10.2 Å². The number of hydrogen-bond donors (Lipinski definition) is 1. The molecule has 22 heavy (non-hydrogen) atoms. The standard InChI is InChI=1S/C17H21N3OS/c1-3-15-14-7-11-22-16(14)6-10-20(15)17(21)19-12(2)13-4-8-18-9-5-13/h4-5,7-9,11-12,15H,3,6,10H2,1-2H3,(H,19,21). The number of nitrogens with zero attached hydrogens (tertiary/aromatic N) is 2. The fourth-order valence-electron chi connectivity index (χ4n) is 3.08. The number of carbonyl (C=O) groups is 1. The first-order valence-corrected chi connectivity index (χ1v) is 8.62. The predicted molar refractivity (Wildman–Crippen MR) is 88.9 cm³/mol. The van der Waals surface area contributed by atoms with Crippen LogP contribution in [0, 0.1) is 0 Å². The van der Waals surface area contributed by atoms with E-state index in [-0.39, 0.29) is 18.1 Å². The summed E-state index contributed by atoms with van der Waals surface area (Å²) in [6.07, 6.45) is 5.41. The minimum atomic E-state index is -0.0168. The first-order chi connectivity index (χ1) is 10.7. The molecule has 116 valence electrons. The van der Waals surface area contributed by atoms with Crippen molar-refractivity contribution in [3.63, 3.8) is 0 Å². The van der Waals surface area contributed by atoms with Crippen LogP contribution in [0.1, 0.15) is 48.4 Å². The van der Waals surface area contributed by atoms with E-state index in [4.69, 9.17) is 0 Å². The van der Waals surface area contributed by atoms with Crippen LogP contribution in [0.5, 0.6) is 0 Å². The van der Waals surface area contributed by atoms with Crippen molar-refractivity contribution in [1.29, 1.82) is 0 Å². The molecule has 1 aliphatic rings. The van der Waals surface area contributed by atoms with Gasteiger partial charge in [-0.25, -0.2) is 4.79 Å². The smallest absolute Gasteiger partial charge is 0.318 e. The molecule has 0 fully saturated rings. The fourth-order valence-corrected chi connectivity index (χ4v) is 4.01. The van der Waals surface area contributed by atoms with Gasteiger partial charge in [0.05, 0.1) is 12.1 Å². The second-order valence-electron chi connectivity index (χ2n) is 5.62. The lowest BCUT2D eigenvalue weighted by molar-refractivity contribution is 0.165. The summed E-state index contributed by atoms with van der Waals surface area (Å²) in [5, 5.41) is 5.25. The molecule has 4 nitrogen and oxygen atoms in total. The summed E-state index contributed by atoms with van der Waals surface area (Å²) in [6.45, 7) is 4.94. The number of hydrogen-bond acceptors (Lipinski definition) is 3. The summed E-state index contributed by atoms with van der Waals surface area (Å²) in [7, 11) is 0. The highest BCUT2D eigenvalue weighted by Crippen LogP contribution is 2.35. The molecule has 0 radical (unpaired) electrons. The third kappa shape index (κ3) is 2.86. The van der Waals surface area contributed by atoms with Gasteiger partial charge in [0.25, 0.3) is 0 Å². The van der Waals surface area contributed by atoms with E-state index in [1.54, 1.807) is 23.7 Å². The molecular formula is C17H21N3OS. The first kappa shape index (κ1) is 15.0. The fraction of sp³-hybridized carbons (Fsp3) is 0.412. The first-order valence-electron chi connectivity index (χ1n) is 7.74. The molecule has 2 unspecified atom stereocenters. The van der Waals surface area contributed by atoms with Gasteiger partial charge in [-0.2, -0.15) is 0 Å². The van der Waals surface area contributed by atoms with E-state index in [0.29, 0.717) is 0 Å². The van der Waals surface area contributed by atoms with E-state index in [2.05, 4.69) is 28.7 Å². The Labute approximate surface area is 135 Å². The van der Waals surface area contributed by atoms with E-state index in [1.165, 1.54) is 10.4 Å². The monoisotopic (exact) mass is 315 g/mol. The Morgan fingerprint density at radius 3 is 2.95 bits per heavy atom. The topological polar surface area (TPSA) is 45.2 Å².